The number of benzene rings is 1. The molecule has 7 nitrogen and oxygen atoms in total. The van der Waals surface area contributed by atoms with E-state index in [0.29, 0.717) is 0 Å². The zero-order valence-corrected chi connectivity index (χ0v) is 17.2. The molecule has 8 heteroatoms. The average molecular weight is 411 g/mol. The topological polar surface area (TPSA) is 88.1 Å². The van der Waals surface area contributed by atoms with E-state index in [-0.39, 0.29) is 0 Å². The fourth-order valence-electron chi connectivity index (χ4n) is 3.77. The van der Waals surface area contributed by atoms with Gasteiger partial charge in [-0.3, -0.25) is 10.1 Å². The van der Waals surface area contributed by atoms with Gasteiger partial charge in [0.2, 0.25) is 0 Å². The van der Waals surface area contributed by atoms with Gasteiger partial charge in [0.05, 0.1) is 40.3 Å². The van der Waals surface area contributed by atoms with Crippen LogP contribution in [0.1, 0.15) is 5.82 Å². The van der Waals surface area contributed by atoms with Gasteiger partial charge in [0.25, 0.3) is 0 Å². The third kappa shape index (κ3) is 2.50. The molecule has 30 heavy (non-hydrogen) atoms. The maximum absolute atomic E-state index is 4.91. The van der Waals surface area contributed by atoms with Gasteiger partial charge in [0.1, 0.15) is 11.5 Å². The van der Waals surface area contributed by atoms with Crippen LogP contribution < -0.4 is 0 Å². The van der Waals surface area contributed by atoms with E-state index in [2.05, 4.69) is 48.0 Å². The number of aromatic amines is 2. The van der Waals surface area contributed by atoms with Gasteiger partial charge in [0, 0.05) is 18.0 Å². The van der Waals surface area contributed by atoms with E-state index in [1.807, 2.05) is 49.1 Å². The number of pyridine rings is 1. The standard InChI is InChI=1S/C22H17N7S/c1-12-23-10-19(29(12)2)17-8-15-18(9-24-17)27-28-21(15)22-25-16-5-3-4-14(20(16)26-22)13-6-7-30-11-13/h3-11H,1-2H3,(H,25,26)(H,27,28). The lowest BCUT2D eigenvalue weighted by molar-refractivity contribution is 0.862. The fourth-order valence-corrected chi connectivity index (χ4v) is 4.43. The number of para-hydroxylation sites is 1. The minimum absolute atomic E-state index is 0.734. The quantitative estimate of drug-likeness (QED) is 0.432. The Kier molecular flexibility index (Phi) is 3.63. The van der Waals surface area contributed by atoms with Crippen LogP contribution in [-0.4, -0.2) is 34.7 Å². The number of imidazole rings is 2. The van der Waals surface area contributed by atoms with E-state index < -0.39 is 0 Å². The van der Waals surface area contributed by atoms with Crippen molar-refractivity contribution in [2.24, 2.45) is 7.05 Å². The Morgan fingerprint density at radius 1 is 1.07 bits per heavy atom. The lowest BCUT2D eigenvalue weighted by Gasteiger charge is -2.03. The normalized spacial score (nSPS) is 11.7. The van der Waals surface area contributed by atoms with E-state index in [1.165, 1.54) is 5.56 Å². The Hall–Kier alpha value is -3.78. The van der Waals surface area contributed by atoms with Crippen molar-refractivity contribution < 1.29 is 0 Å². The van der Waals surface area contributed by atoms with Crippen LogP contribution in [0.5, 0.6) is 0 Å². The number of nitrogens with zero attached hydrogens (tertiary/aromatic N) is 5. The van der Waals surface area contributed by atoms with Gasteiger partial charge in [0.15, 0.2) is 5.82 Å². The number of hydrogen-bond acceptors (Lipinski definition) is 5. The molecular weight excluding hydrogens is 394 g/mol. The van der Waals surface area contributed by atoms with Crippen molar-refractivity contribution >= 4 is 33.3 Å². The SMILES string of the molecule is Cc1ncc(-c2cc3c(-c4nc5c(-c6ccsc6)cccc5[nH]4)n[nH]c3cn2)n1C. The molecule has 6 rings (SSSR count). The van der Waals surface area contributed by atoms with E-state index >= 15 is 0 Å². The molecule has 0 amide bonds. The Labute approximate surface area is 175 Å². The highest BCUT2D eigenvalue weighted by atomic mass is 32.1. The summed E-state index contributed by atoms with van der Waals surface area (Å²) in [5, 5.41) is 12.8. The number of aromatic nitrogens is 7. The van der Waals surface area contributed by atoms with Crippen LogP contribution in [0.4, 0.5) is 0 Å². The summed E-state index contributed by atoms with van der Waals surface area (Å²) in [5.41, 5.74) is 7.68. The van der Waals surface area contributed by atoms with Crippen molar-refractivity contribution in [1.29, 1.82) is 0 Å². The molecule has 0 fully saturated rings. The number of H-pyrrole nitrogens is 2. The molecule has 0 spiro atoms. The first-order valence-electron chi connectivity index (χ1n) is 9.53. The third-order valence-electron chi connectivity index (χ3n) is 5.50. The van der Waals surface area contributed by atoms with Crippen LogP contribution >= 0.6 is 11.3 Å². The first kappa shape index (κ1) is 17.1. The number of hydrogen-bond donors (Lipinski definition) is 2. The largest absolute Gasteiger partial charge is 0.337 e. The summed E-state index contributed by atoms with van der Waals surface area (Å²) in [6.07, 6.45) is 3.65. The number of aryl methyl sites for hydroxylation is 1. The van der Waals surface area contributed by atoms with Gasteiger partial charge in [-0.1, -0.05) is 12.1 Å². The fraction of sp³-hybridized carbons (Fsp3) is 0.0909. The Bertz CT molecular complexity index is 1520. The number of nitrogens with one attached hydrogen (secondary N) is 2. The van der Waals surface area contributed by atoms with Crippen molar-refractivity contribution in [2.45, 2.75) is 6.92 Å². The summed E-state index contributed by atoms with van der Waals surface area (Å²) in [6.45, 7) is 1.98. The molecule has 0 unspecified atom stereocenters. The summed E-state index contributed by atoms with van der Waals surface area (Å²) in [5.74, 6) is 1.68. The van der Waals surface area contributed by atoms with Crippen LogP contribution in [0.25, 0.3) is 56.0 Å². The van der Waals surface area contributed by atoms with Crippen molar-refractivity contribution in [3.63, 3.8) is 0 Å². The molecular formula is C22H17N7S. The van der Waals surface area contributed by atoms with Gasteiger partial charge >= 0.3 is 0 Å². The third-order valence-corrected chi connectivity index (χ3v) is 6.18. The molecule has 2 N–H and O–H groups in total. The molecule has 1 aromatic carbocycles. The molecule has 0 saturated heterocycles. The van der Waals surface area contributed by atoms with E-state index in [1.54, 1.807) is 11.3 Å². The smallest absolute Gasteiger partial charge is 0.159 e. The molecule has 0 aliphatic carbocycles. The molecule has 146 valence electrons. The molecule has 0 aliphatic heterocycles. The summed E-state index contributed by atoms with van der Waals surface area (Å²) >= 11 is 1.68. The highest BCUT2D eigenvalue weighted by molar-refractivity contribution is 7.08. The maximum atomic E-state index is 4.91. The molecule has 6 aromatic rings. The van der Waals surface area contributed by atoms with Gasteiger partial charge in [-0.15, -0.1) is 0 Å². The molecule has 0 radical (unpaired) electrons. The molecule has 5 heterocycles. The first-order chi connectivity index (χ1) is 14.7. The summed E-state index contributed by atoms with van der Waals surface area (Å²) in [4.78, 5) is 17.3. The average Bonchev–Trinajstić information content (AvgIpc) is 3.54. The molecule has 0 atom stereocenters. The Balaban J connectivity index is 1.53. The van der Waals surface area contributed by atoms with E-state index in [9.17, 15) is 0 Å². The summed E-state index contributed by atoms with van der Waals surface area (Å²) < 4.78 is 2.03. The minimum Gasteiger partial charge on any atom is -0.337 e. The van der Waals surface area contributed by atoms with E-state index in [0.717, 1.165) is 56.2 Å². The Morgan fingerprint density at radius 2 is 2.00 bits per heavy atom. The predicted octanol–water partition coefficient (Wildman–Crippen LogP) is 4.94. The highest BCUT2D eigenvalue weighted by Crippen LogP contribution is 2.33. The monoisotopic (exact) mass is 411 g/mol. The molecule has 0 aliphatic rings. The second-order valence-corrected chi connectivity index (χ2v) is 8.02. The van der Waals surface area contributed by atoms with Crippen molar-refractivity contribution in [2.75, 3.05) is 0 Å². The number of rotatable bonds is 3. The zero-order chi connectivity index (χ0) is 20.2. The second-order valence-electron chi connectivity index (χ2n) is 7.24. The van der Waals surface area contributed by atoms with Gasteiger partial charge < -0.3 is 9.55 Å². The highest BCUT2D eigenvalue weighted by Gasteiger charge is 2.17. The maximum Gasteiger partial charge on any atom is 0.159 e. The van der Waals surface area contributed by atoms with E-state index in [4.69, 9.17) is 4.98 Å². The summed E-state index contributed by atoms with van der Waals surface area (Å²) in [7, 11) is 1.99. The number of thiophene rings is 1. The predicted molar refractivity (Wildman–Crippen MR) is 119 cm³/mol. The first-order valence-corrected chi connectivity index (χ1v) is 10.5. The van der Waals surface area contributed by atoms with Crippen LogP contribution in [0.3, 0.4) is 0 Å². The van der Waals surface area contributed by atoms with Crippen molar-refractivity contribution in [3.8, 4) is 34.0 Å². The number of fused-ring (bicyclic) bond motifs is 2. The minimum atomic E-state index is 0.734. The Morgan fingerprint density at radius 3 is 2.80 bits per heavy atom. The zero-order valence-electron chi connectivity index (χ0n) is 16.3. The lowest BCUT2D eigenvalue weighted by atomic mass is 10.1. The molecule has 5 aromatic heterocycles. The van der Waals surface area contributed by atoms with Gasteiger partial charge in [-0.2, -0.15) is 16.4 Å². The van der Waals surface area contributed by atoms with Crippen molar-refractivity contribution in [3.05, 3.63) is 59.3 Å². The van der Waals surface area contributed by atoms with Crippen LogP contribution in [0.2, 0.25) is 0 Å². The van der Waals surface area contributed by atoms with Gasteiger partial charge in [-0.05, 0) is 41.4 Å². The van der Waals surface area contributed by atoms with Crippen LogP contribution in [-0.2, 0) is 7.05 Å². The summed E-state index contributed by atoms with van der Waals surface area (Å²) in [6, 6.07) is 10.3. The second kappa shape index (κ2) is 6.36. The van der Waals surface area contributed by atoms with Crippen molar-refractivity contribution in [1.82, 2.24) is 34.7 Å². The molecule has 0 saturated carbocycles. The lowest BCUT2D eigenvalue weighted by Crippen LogP contribution is -1.95. The van der Waals surface area contributed by atoms with Crippen LogP contribution in [0.15, 0.2) is 53.5 Å². The molecule has 0 bridgehead atoms. The van der Waals surface area contributed by atoms with Gasteiger partial charge in [-0.25, -0.2) is 9.97 Å². The van der Waals surface area contributed by atoms with Crippen LogP contribution in [0, 0.1) is 6.92 Å².